The number of anilines is 1. The highest BCUT2D eigenvalue weighted by Crippen LogP contribution is 2.29. The molecule has 1 aromatic heterocycles. The highest BCUT2D eigenvalue weighted by atomic mass is 16.3. The third kappa shape index (κ3) is 3.44. The Bertz CT molecular complexity index is 810. The number of fused-ring (bicyclic) bond motifs is 1. The first kappa shape index (κ1) is 17.6. The molecule has 0 spiro atoms. The molecular formula is C21H25N3O3. The van der Waals surface area contributed by atoms with Crippen LogP contribution in [-0.2, 0) is 11.2 Å². The molecular weight excluding hydrogens is 342 g/mol. The molecule has 1 unspecified atom stereocenters. The lowest BCUT2D eigenvalue weighted by atomic mass is 10.00. The van der Waals surface area contributed by atoms with E-state index < -0.39 is 0 Å². The number of para-hydroxylation sites is 1. The van der Waals surface area contributed by atoms with Gasteiger partial charge in [0, 0.05) is 38.4 Å². The van der Waals surface area contributed by atoms with Crippen molar-refractivity contribution in [2.45, 2.75) is 25.8 Å². The van der Waals surface area contributed by atoms with Crippen molar-refractivity contribution in [3.63, 3.8) is 0 Å². The molecule has 0 saturated carbocycles. The molecule has 1 atom stereocenters. The van der Waals surface area contributed by atoms with Gasteiger partial charge in [0.2, 0.25) is 5.91 Å². The molecule has 1 saturated heterocycles. The van der Waals surface area contributed by atoms with Gasteiger partial charge in [-0.05, 0) is 43.5 Å². The van der Waals surface area contributed by atoms with Crippen LogP contribution in [0.4, 0.5) is 5.69 Å². The van der Waals surface area contributed by atoms with Crippen LogP contribution in [0.1, 0.15) is 29.5 Å². The average molecular weight is 367 g/mol. The highest BCUT2D eigenvalue weighted by Gasteiger charge is 2.32. The maximum atomic E-state index is 13.1. The van der Waals surface area contributed by atoms with E-state index in [9.17, 15) is 9.59 Å². The molecule has 27 heavy (non-hydrogen) atoms. The van der Waals surface area contributed by atoms with Gasteiger partial charge in [-0.2, -0.15) is 0 Å². The summed E-state index contributed by atoms with van der Waals surface area (Å²) in [5.74, 6) is 0.384. The molecule has 0 bridgehead atoms. The first-order valence-electron chi connectivity index (χ1n) is 9.61. The minimum absolute atomic E-state index is 0.106. The van der Waals surface area contributed by atoms with Crippen molar-refractivity contribution in [2.75, 3.05) is 37.6 Å². The Morgan fingerprint density at radius 1 is 0.963 bits per heavy atom. The molecule has 2 amide bonds. The Hall–Kier alpha value is -2.76. The van der Waals surface area contributed by atoms with Crippen LogP contribution in [-0.4, -0.2) is 60.4 Å². The van der Waals surface area contributed by atoms with E-state index in [4.69, 9.17) is 4.42 Å². The Balaban J connectivity index is 1.39. The largest absolute Gasteiger partial charge is 0.459 e. The van der Waals surface area contributed by atoms with Crippen LogP contribution in [0.3, 0.4) is 0 Å². The number of nitrogens with zero attached hydrogens (tertiary/aromatic N) is 3. The number of hydrogen-bond acceptors (Lipinski definition) is 4. The van der Waals surface area contributed by atoms with Gasteiger partial charge in [-0.25, -0.2) is 0 Å². The highest BCUT2D eigenvalue weighted by molar-refractivity contribution is 5.92. The fourth-order valence-electron chi connectivity index (χ4n) is 4.05. The number of carbonyl (C=O) groups is 2. The van der Waals surface area contributed by atoms with Crippen LogP contribution in [0.25, 0.3) is 0 Å². The Morgan fingerprint density at radius 2 is 1.70 bits per heavy atom. The number of amides is 2. The molecule has 4 rings (SSSR count). The van der Waals surface area contributed by atoms with Gasteiger partial charge in [-0.3, -0.25) is 9.59 Å². The van der Waals surface area contributed by atoms with Crippen molar-refractivity contribution in [1.82, 2.24) is 9.80 Å². The molecule has 0 aliphatic carbocycles. The number of carbonyl (C=O) groups excluding carboxylic acids is 2. The van der Waals surface area contributed by atoms with Crippen LogP contribution in [0.2, 0.25) is 0 Å². The summed E-state index contributed by atoms with van der Waals surface area (Å²) in [6.45, 7) is 5.09. The zero-order chi connectivity index (χ0) is 18.8. The van der Waals surface area contributed by atoms with E-state index in [-0.39, 0.29) is 17.9 Å². The van der Waals surface area contributed by atoms with Crippen molar-refractivity contribution < 1.29 is 14.0 Å². The van der Waals surface area contributed by atoms with E-state index in [0.29, 0.717) is 31.9 Å². The third-order valence-electron chi connectivity index (χ3n) is 5.58. The lowest BCUT2D eigenvalue weighted by Crippen LogP contribution is -2.55. The summed E-state index contributed by atoms with van der Waals surface area (Å²) in [7, 11) is 0. The summed E-state index contributed by atoms with van der Waals surface area (Å²) in [6.07, 6.45) is 3.65. The molecule has 1 aromatic carbocycles. The summed E-state index contributed by atoms with van der Waals surface area (Å²) in [5, 5.41) is 0. The number of benzene rings is 1. The van der Waals surface area contributed by atoms with Crippen LogP contribution >= 0.6 is 0 Å². The second-order valence-electron chi connectivity index (χ2n) is 7.20. The van der Waals surface area contributed by atoms with Crippen LogP contribution < -0.4 is 4.90 Å². The van der Waals surface area contributed by atoms with E-state index in [1.165, 1.54) is 17.5 Å². The number of piperazine rings is 1. The van der Waals surface area contributed by atoms with Gasteiger partial charge < -0.3 is 19.1 Å². The molecule has 2 aliphatic rings. The van der Waals surface area contributed by atoms with Gasteiger partial charge in [-0.15, -0.1) is 0 Å². The summed E-state index contributed by atoms with van der Waals surface area (Å²) in [4.78, 5) is 31.3. The van der Waals surface area contributed by atoms with Gasteiger partial charge in [0.05, 0.1) is 6.26 Å². The topological polar surface area (TPSA) is 57.0 Å². The molecule has 0 radical (unpaired) electrons. The van der Waals surface area contributed by atoms with Gasteiger partial charge >= 0.3 is 0 Å². The zero-order valence-electron chi connectivity index (χ0n) is 15.6. The maximum Gasteiger partial charge on any atom is 0.289 e. The van der Waals surface area contributed by atoms with Crippen LogP contribution in [0.5, 0.6) is 0 Å². The van der Waals surface area contributed by atoms with E-state index in [0.717, 1.165) is 19.4 Å². The molecule has 2 aliphatic heterocycles. The van der Waals surface area contributed by atoms with Crippen molar-refractivity contribution in [3.05, 3.63) is 54.0 Å². The number of aryl methyl sites for hydroxylation is 1. The lowest BCUT2D eigenvalue weighted by Gasteiger charge is -2.40. The Morgan fingerprint density at radius 3 is 2.44 bits per heavy atom. The quantitative estimate of drug-likeness (QED) is 0.836. The van der Waals surface area contributed by atoms with E-state index >= 15 is 0 Å². The molecule has 0 N–H and O–H groups in total. The monoisotopic (exact) mass is 367 g/mol. The summed E-state index contributed by atoms with van der Waals surface area (Å²) >= 11 is 0. The molecule has 142 valence electrons. The smallest absolute Gasteiger partial charge is 0.289 e. The summed E-state index contributed by atoms with van der Waals surface area (Å²) < 4.78 is 5.20. The Kier molecular flexibility index (Phi) is 4.88. The van der Waals surface area contributed by atoms with E-state index in [1.807, 2.05) is 17.9 Å². The number of furan rings is 1. The Labute approximate surface area is 159 Å². The van der Waals surface area contributed by atoms with Crippen molar-refractivity contribution >= 4 is 17.5 Å². The molecule has 6 nitrogen and oxygen atoms in total. The zero-order valence-corrected chi connectivity index (χ0v) is 15.6. The van der Waals surface area contributed by atoms with Crippen LogP contribution in [0, 0.1) is 0 Å². The lowest BCUT2D eigenvalue weighted by molar-refractivity contribution is -0.133. The van der Waals surface area contributed by atoms with Crippen molar-refractivity contribution in [1.29, 1.82) is 0 Å². The van der Waals surface area contributed by atoms with Gasteiger partial charge in [0.1, 0.15) is 6.04 Å². The van der Waals surface area contributed by atoms with Crippen LogP contribution in [0.15, 0.2) is 47.1 Å². The minimum Gasteiger partial charge on any atom is -0.459 e. The van der Waals surface area contributed by atoms with E-state index in [1.54, 1.807) is 17.0 Å². The van der Waals surface area contributed by atoms with Crippen molar-refractivity contribution in [2.24, 2.45) is 0 Å². The first-order chi connectivity index (χ1) is 13.1. The second kappa shape index (κ2) is 7.47. The summed E-state index contributed by atoms with van der Waals surface area (Å²) in [6, 6.07) is 11.5. The fourth-order valence-corrected chi connectivity index (χ4v) is 4.05. The van der Waals surface area contributed by atoms with E-state index in [2.05, 4.69) is 23.1 Å². The number of hydrogen-bond donors (Lipinski definition) is 0. The predicted molar refractivity (Wildman–Crippen MR) is 103 cm³/mol. The second-order valence-corrected chi connectivity index (χ2v) is 7.20. The standard InChI is InChI=1S/C21H25N3O3/c1-16(24-10-4-7-17-6-2-3-8-18(17)24)20(25)22-11-13-23(14-12-22)21(26)19-9-5-15-27-19/h2-3,5-6,8-9,15-16H,4,7,10-14H2,1H3. The number of rotatable bonds is 3. The van der Waals surface area contributed by atoms with Gasteiger partial charge in [0.25, 0.3) is 5.91 Å². The molecule has 6 heteroatoms. The first-order valence-corrected chi connectivity index (χ1v) is 9.61. The normalized spacial score (nSPS) is 18.2. The predicted octanol–water partition coefficient (Wildman–Crippen LogP) is 2.41. The minimum atomic E-state index is -0.196. The van der Waals surface area contributed by atoms with Crippen molar-refractivity contribution in [3.8, 4) is 0 Å². The maximum absolute atomic E-state index is 13.1. The van der Waals surface area contributed by atoms with Gasteiger partial charge in [-0.1, -0.05) is 18.2 Å². The van der Waals surface area contributed by atoms with Gasteiger partial charge in [0.15, 0.2) is 5.76 Å². The molecule has 1 fully saturated rings. The summed E-state index contributed by atoms with van der Waals surface area (Å²) in [5.41, 5.74) is 2.49. The third-order valence-corrected chi connectivity index (χ3v) is 5.58. The molecule has 3 heterocycles. The fraction of sp³-hybridized carbons (Fsp3) is 0.429. The SMILES string of the molecule is CC(C(=O)N1CCN(C(=O)c2ccco2)CC1)N1CCCc2ccccc21. The molecule has 2 aromatic rings. The average Bonchev–Trinajstić information content (AvgIpc) is 3.27.